The van der Waals surface area contributed by atoms with Crippen LogP contribution in [-0.2, 0) is 6.54 Å². The topological polar surface area (TPSA) is 41.3 Å². The third-order valence-electron chi connectivity index (χ3n) is 4.39. The zero-order chi connectivity index (χ0) is 16.2. The minimum absolute atomic E-state index is 0.332. The van der Waals surface area contributed by atoms with Crippen molar-refractivity contribution >= 4 is 11.4 Å². The zero-order valence-electron chi connectivity index (χ0n) is 13.9. The van der Waals surface area contributed by atoms with Gasteiger partial charge in [0.2, 0.25) is 0 Å². The number of nitrogen functional groups attached to an aromatic ring is 1. The van der Waals surface area contributed by atoms with Gasteiger partial charge in [-0.1, -0.05) is 54.1 Å². The lowest BCUT2D eigenvalue weighted by molar-refractivity contribution is 0.223. The van der Waals surface area contributed by atoms with E-state index >= 15 is 0 Å². The van der Waals surface area contributed by atoms with Crippen molar-refractivity contribution in [3.05, 3.63) is 71.3 Å². The Bertz CT molecular complexity index is 687. The molecule has 0 radical (unpaired) electrons. The van der Waals surface area contributed by atoms with Gasteiger partial charge in [0, 0.05) is 19.6 Å². The van der Waals surface area contributed by atoms with Crippen LogP contribution in [0.2, 0.25) is 0 Å². The number of allylic oxidation sites excluding steroid dienone is 1. The molecule has 0 saturated carbocycles. The highest BCUT2D eigenvalue weighted by Gasteiger charge is 2.24. The average Bonchev–Trinajstić information content (AvgIpc) is 2.74. The Morgan fingerprint density at radius 1 is 1.17 bits per heavy atom. The maximum atomic E-state index is 6.17. The number of hydrogen-bond donors (Lipinski definition) is 2. The molecule has 2 aromatic carbocycles. The molecule has 3 nitrogen and oxygen atoms in total. The van der Waals surface area contributed by atoms with E-state index in [-0.39, 0.29) is 0 Å². The van der Waals surface area contributed by atoms with Crippen LogP contribution >= 0.6 is 0 Å². The monoisotopic (exact) mass is 307 g/mol. The van der Waals surface area contributed by atoms with Crippen molar-refractivity contribution in [2.75, 3.05) is 24.1 Å². The molecule has 3 rings (SSSR count). The van der Waals surface area contributed by atoms with Gasteiger partial charge in [-0.25, -0.2) is 0 Å². The molecule has 3 N–H and O–H groups in total. The van der Waals surface area contributed by atoms with Gasteiger partial charge in [-0.05, 0) is 31.0 Å². The van der Waals surface area contributed by atoms with Crippen molar-refractivity contribution in [3.8, 4) is 0 Å². The number of benzene rings is 2. The maximum Gasteiger partial charge on any atom is 0.0620 e. The molecule has 0 aromatic heterocycles. The second kappa shape index (κ2) is 6.88. The summed E-state index contributed by atoms with van der Waals surface area (Å²) in [7, 11) is 0. The molecule has 1 unspecified atom stereocenters. The summed E-state index contributed by atoms with van der Waals surface area (Å²) < 4.78 is 0. The molecule has 0 saturated heterocycles. The van der Waals surface area contributed by atoms with Gasteiger partial charge >= 0.3 is 0 Å². The number of rotatable bonds is 3. The summed E-state index contributed by atoms with van der Waals surface area (Å²) in [4.78, 5) is 2.51. The van der Waals surface area contributed by atoms with Crippen LogP contribution < -0.4 is 11.1 Å². The molecule has 0 bridgehead atoms. The molecular weight excluding hydrogens is 282 g/mol. The second-order valence-electron chi connectivity index (χ2n) is 6.40. The first kappa shape index (κ1) is 15.6. The van der Waals surface area contributed by atoms with E-state index in [0.717, 1.165) is 31.0 Å². The smallest absolute Gasteiger partial charge is 0.0620 e. The zero-order valence-corrected chi connectivity index (χ0v) is 13.9. The van der Waals surface area contributed by atoms with Crippen LogP contribution in [0, 0.1) is 0 Å². The predicted octanol–water partition coefficient (Wildman–Crippen LogP) is 4.20. The van der Waals surface area contributed by atoms with Crippen LogP contribution in [0.25, 0.3) is 0 Å². The van der Waals surface area contributed by atoms with Crippen LogP contribution in [0.3, 0.4) is 0 Å². The van der Waals surface area contributed by atoms with Crippen molar-refractivity contribution in [3.63, 3.8) is 0 Å². The molecule has 0 spiro atoms. The second-order valence-corrected chi connectivity index (χ2v) is 6.40. The molecular formula is C20H25N3. The number of hydrogen-bond acceptors (Lipinski definition) is 3. The van der Waals surface area contributed by atoms with E-state index in [1.54, 1.807) is 0 Å². The first-order valence-electron chi connectivity index (χ1n) is 8.18. The van der Waals surface area contributed by atoms with Gasteiger partial charge in [0.15, 0.2) is 0 Å². The summed E-state index contributed by atoms with van der Waals surface area (Å²) in [5, 5.41) is 3.57. The Hall–Kier alpha value is -2.26. The van der Waals surface area contributed by atoms with Gasteiger partial charge in [-0.15, -0.1) is 0 Å². The molecule has 0 amide bonds. The molecule has 1 aliphatic heterocycles. The summed E-state index contributed by atoms with van der Waals surface area (Å²) >= 11 is 0. The van der Waals surface area contributed by atoms with Crippen molar-refractivity contribution in [1.29, 1.82) is 0 Å². The highest BCUT2D eigenvalue weighted by Crippen LogP contribution is 2.33. The number of nitrogens with zero attached hydrogens (tertiary/aromatic N) is 1. The Morgan fingerprint density at radius 3 is 2.70 bits per heavy atom. The normalized spacial score (nSPS) is 17.7. The number of fused-ring (bicyclic) bond motifs is 1. The number of para-hydroxylation sites is 1. The van der Waals surface area contributed by atoms with Crippen molar-refractivity contribution in [1.82, 2.24) is 4.90 Å². The number of anilines is 2. The molecule has 1 aliphatic rings. The van der Waals surface area contributed by atoms with E-state index in [4.69, 9.17) is 5.73 Å². The summed E-state index contributed by atoms with van der Waals surface area (Å²) in [6.45, 7) is 7.01. The van der Waals surface area contributed by atoms with Crippen molar-refractivity contribution in [2.45, 2.75) is 26.4 Å². The maximum absolute atomic E-state index is 6.17. The Morgan fingerprint density at radius 2 is 1.96 bits per heavy atom. The van der Waals surface area contributed by atoms with E-state index in [2.05, 4.69) is 66.5 Å². The predicted molar refractivity (Wildman–Crippen MR) is 98.4 cm³/mol. The third kappa shape index (κ3) is 3.57. The highest BCUT2D eigenvalue weighted by molar-refractivity contribution is 5.70. The van der Waals surface area contributed by atoms with E-state index in [9.17, 15) is 0 Å². The van der Waals surface area contributed by atoms with Crippen LogP contribution in [-0.4, -0.2) is 18.0 Å². The standard InChI is InChI=1S/C20H25N3/c1-15(2)11-12-23-14-17-9-6-10-18(21)20(17)22-13-19(23)16-7-4-3-5-8-16/h3-11,19,22H,12-14,21H2,1-2H3. The van der Waals surface area contributed by atoms with Gasteiger partial charge in [0.1, 0.15) is 0 Å². The summed E-state index contributed by atoms with van der Waals surface area (Å²) in [5.41, 5.74) is 12.1. The number of nitrogens with one attached hydrogen (secondary N) is 1. The van der Waals surface area contributed by atoms with E-state index < -0.39 is 0 Å². The fraction of sp³-hybridized carbons (Fsp3) is 0.300. The lowest BCUT2D eigenvalue weighted by Crippen LogP contribution is -2.31. The fourth-order valence-corrected chi connectivity index (χ4v) is 3.12. The van der Waals surface area contributed by atoms with E-state index in [1.165, 1.54) is 16.7 Å². The highest BCUT2D eigenvalue weighted by atomic mass is 15.2. The largest absolute Gasteiger partial charge is 0.397 e. The van der Waals surface area contributed by atoms with Crippen LogP contribution in [0.5, 0.6) is 0 Å². The number of nitrogens with two attached hydrogens (primary N) is 1. The molecule has 23 heavy (non-hydrogen) atoms. The molecule has 3 heteroatoms. The van der Waals surface area contributed by atoms with Gasteiger partial charge < -0.3 is 11.1 Å². The Labute approximate surface area is 138 Å². The van der Waals surface area contributed by atoms with Crippen LogP contribution in [0.1, 0.15) is 31.0 Å². The SMILES string of the molecule is CC(C)=CCN1Cc2cccc(N)c2NCC1c1ccccc1. The molecule has 0 fully saturated rings. The molecule has 0 aliphatic carbocycles. The molecule has 2 aromatic rings. The molecule has 1 atom stereocenters. The average molecular weight is 307 g/mol. The van der Waals surface area contributed by atoms with Crippen LogP contribution in [0.4, 0.5) is 11.4 Å². The first-order valence-corrected chi connectivity index (χ1v) is 8.18. The third-order valence-corrected chi connectivity index (χ3v) is 4.39. The molecule has 1 heterocycles. The summed E-state index contributed by atoms with van der Waals surface area (Å²) in [5.74, 6) is 0. The van der Waals surface area contributed by atoms with Gasteiger partial charge in [-0.3, -0.25) is 4.90 Å². The van der Waals surface area contributed by atoms with Crippen molar-refractivity contribution in [2.24, 2.45) is 0 Å². The van der Waals surface area contributed by atoms with E-state index in [1.807, 2.05) is 12.1 Å². The quantitative estimate of drug-likeness (QED) is 0.659. The van der Waals surface area contributed by atoms with Gasteiger partial charge in [-0.2, -0.15) is 0 Å². The van der Waals surface area contributed by atoms with Gasteiger partial charge in [0.25, 0.3) is 0 Å². The minimum atomic E-state index is 0.332. The summed E-state index contributed by atoms with van der Waals surface area (Å²) in [6, 6.07) is 17.2. The minimum Gasteiger partial charge on any atom is -0.397 e. The van der Waals surface area contributed by atoms with Gasteiger partial charge in [0.05, 0.1) is 17.4 Å². The Kier molecular flexibility index (Phi) is 4.68. The van der Waals surface area contributed by atoms with Crippen LogP contribution in [0.15, 0.2) is 60.2 Å². The van der Waals surface area contributed by atoms with Crippen molar-refractivity contribution < 1.29 is 0 Å². The molecule has 120 valence electrons. The Balaban J connectivity index is 1.95. The fourth-order valence-electron chi connectivity index (χ4n) is 3.12. The lowest BCUT2D eigenvalue weighted by atomic mass is 10.0. The summed E-state index contributed by atoms with van der Waals surface area (Å²) in [6.07, 6.45) is 2.30. The van der Waals surface area contributed by atoms with E-state index in [0.29, 0.717) is 6.04 Å². The lowest BCUT2D eigenvalue weighted by Gasteiger charge is -2.29. The first-order chi connectivity index (χ1) is 11.1.